The number of carbonyl (C=O) groups excluding carboxylic acids is 2. The van der Waals surface area contributed by atoms with Gasteiger partial charge in [-0.05, 0) is 68.9 Å². The van der Waals surface area contributed by atoms with Gasteiger partial charge in [0.15, 0.2) is 0 Å². The topological polar surface area (TPSA) is 86.8 Å². The molecule has 0 unspecified atom stereocenters. The first kappa shape index (κ1) is 25.6. The van der Waals surface area contributed by atoms with Crippen LogP contribution < -0.4 is 25.2 Å². The quantitative estimate of drug-likeness (QED) is 0.427. The first-order valence-corrected chi connectivity index (χ1v) is 13.3. The van der Waals surface area contributed by atoms with Crippen molar-refractivity contribution in [2.45, 2.75) is 45.6 Å². The maximum Gasteiger partial charge on any atom is 0.260 e. The maximum atomic E-state index is 13.1. The fourth-order valence-electron chi connectivity index (χ4n) is 5.25. The molecule has 0 atom stereocenters. The van der Waals surface area contributed by atoms with E-state index in [1.165, 1.54) is 0 Å². The minimum atomic E-state index is -0.0797. The van der Waals surface area contributed by atoms with Crippen molar-refractivity contribution in [3.8, 4) is 5.75 Å². The van der Waals surface area contributed by atoms with Gasteiger partial charge in [-0.1, -0.05) is 19.1 Å². The summed E-state index contributed by atoms with van der Waals surface area (Å²) >= 11 is 0. The largest absolute Gasteiger partial charge is 0.492 e. The van der Waals surface area contributed by atoms with Crippen molar-refractivity contribution in [2.24, 2.45) is 5.92 Å². The Morgan fingerprint density at radius 1 is 1.00 bits per heavy atom. The van der Waals surface area contributed by atoms with E-state index in [9.17, 15) is 9.59 Å². The van der Waals surface area contributed by atoms with E-state index >= 15 is 0 Å². The number of nitrogens with zero attached hydrogens (tertiary/aromatic N) is 3. The maximum absolute atomic E-state index is 13.1. The first-order valence-electron chi connectivity index (χ1n) is 13.3. The van der Waals surface area contributed by atoms with E-state index in [0.29, 0.717) is 40.7 Å². The summed E-state index contributed by atoms with van der Waals surface area (Å²) < 4.78 is 5.90. The van der Waals surface area contributed by atoms with E-state index < -0.39 is 0 Å². The average Bonchev–Trinajstić information content (AvgIpc) is 3.00. The van der Waals surface area contributed by atoms with E-state index in [0.717, 1.165) is 43.0 Å². The molecule has 2 heterocycles. The van der Waals surface area contributed by atoms with Gasteiger partial charge in [-0.25, -0.2) is 4.98 Å². The van der Waals surface area contributed by atoms with E-state index in [-0.39, 0.29) is 17.9 Å². The lowest BCUT2D eigenvalue weighted by atomic mass is 9.87. The molecule has 2 amide bonds. The number of nitrogens with one attached hydrogen (secondary N) is 2. The number of carbonyl (C=O) groups is 2. The molecule has 0 bridgehead atoms. The summed E-state index contributed by atoms with van der Waals surface area (Å²) in [5.74, 6) is 1.76. The summed E-state index contributed by atoms with van der Waals surface area (Å²) in [6.45, 7) is 4.65. The molecular formula is C30H35N5O3. The summed E-state index contributed by atoms with van der Waals surface area (Å²) in [5.41, 5.74) is 4.32. The Bertz CT molecular complexity index is 1350. The molecule has 0 saturated heterocycles. The SMILES string of the molecule is CCOc1cc(C(=O)N[C@H]2CC[C@H](C)CC2)ccc1Nc1cc2c(cn1)N(C)C(=O)c1ccccc1N2C. The van der Waals surface area contributed by atoms with Crippen molar-refractivity contribution in [3.63, 3.8) is 0 Å². The van der Waals surface area contributed by atoms with Crippen LogP contribution in [0.2, 0.25) is 0 Å². The predicted molar refractivity (Wildman–Crippen MR) is 151 cm³/mol. The fraction of sp³-hybridized carbons (Fsp3) is 0.367. The third-order valence-electron chi connectivity index (χ3n) is 7.54. The molecule has 0 spiro atoms. The van der Waals surface area contributed by atoms with E-state index in [1.54, 1.807) is 24.2 Å². The van der Waals surface area contributed by atoms with E-state index in [4.69, 9.17) is 4.74 Å². The lowest BCUT2D eigenvalue weighted by Crippen LogP contribution is -2.37. The second kappa shape index (κ2) is 10.7. The average molecular weight is 514 g/mol. The van der Waals surface area contributed by atoms with Crippen LogP contribution >= 0.6 is 0 Å². The number of amides is 2. The molecule has 2 aliphatic rings. The zero-order valence-corrected chi connectivity index (χ0v) is 22.5. The molecule has 2 N–H and O–H groups in total. The van der Waals surface area contributed by atoms with Crippen molar-refractivity contribution in [2.75, 3.05) is 35.8 Å². The van der Waals surface area contributed by atoms with Gasteiger partial charge in [0.1, 0.15) is 11.6 Å². The Labute approximate surface area is 224 Å². The second-order valence-electron chi connectivity index (χ2n) is 10.2. The van der Waals surface area contributed by atoms with Gasteiger partial charge < -0.3 is 25.2 Å². The molecule has 1 aromatic heterocycles. The summed E-state index contributed by atoms with van der Waals surface area (Å²) in [6, 6.07) is 15.2. The predicted octanol–water partition coefficient (Wildman–Crippen LogP) is 5.89. The van der Waals surface area contributed by atoms with Crippen LogP contribution in [-0.4, -0.2) is 43.5 Å². The Balaban J connectivity index is 1.40. The molecule has 2 aromatic carbocycles. The van der Waals surface area contributed by atoms with Crippen molar-refractivity contribution in [1.29, 1.82) is 0 Å². The molecule has 3 aromatic rings. The molecule has 1 aliphatic carbocycles. The van der Waals surface area contributed by atoms with Crippen LogP contribution in [0, 0.1) is 5.92 Å². The van der Waals surface area contributed by atoms with Crippen LogP contribution in [0.3, 0.4) is 0 Å². The van der Waals surface area contributed by atoms with Crippen LogP contribution in [0.1, 0.15) is 60.2 Å². The zero-order chi connectivity index (χ0) is 26.8. The number of ether oxygens (including phenoxy) is 1. The highest BCUT2D eigenvalue weighted by atomic mass is 16.5. The van der Waals surface area contributed by atoms with Gasteiger partial charge in [0.2, 0.25) is 0 Å². The Morgan fingerprint density at radius 3 is 2.53 bits per heavy atom. The summed E-state index contributed by atoms with van der Waals surface area (Å²) in [7, 11) is 3.71. The smallest absolute Gasteiger partial charge is 0.260 e. The highest BCUT2D eigenvalue weighted by Crippen LogP contribution is 2.40. The standard InChI is InChI=1S/C30H35N5O3/c1-5-38-27-16-20(29(36)32-21-13-10-19(2)11-14-21)12-15-23(27)33-28-17-25-26(18-31-28)35(4)30(37)22-8-6-7-9-24(22)34(25)3/h6-9,12,15-19,21H,5,10-11,13-14H2,1-4H3,(H,31,33)(H,32,36)/t19-,21-. The summed E-state index contributed by atoms with van der Waals surface area (Å²) in [4.78, 5) is 34.3. The van der Waals surface area contributed by atoms with Crippen LogP contribution in [0.5, 0.6) is 5.75 Å². The molecule has 38 heavy (non-hydrogen) atoms. The molecule has 1 fully saturated rings. The van der Waals surface area contributed by atoms with Gasteiger partial charge in [-0.3, -0.25) is 9.59 Å². The van der Waals surface area contributed by atoms with Crippen LogP contribution in [0.25, 0.3) is 0 Å². The van der Waals surface area contributed by atoms with Crippen molar-refractivity contribution < 1.29 is 14.3 Å². The van der Waals surface area contributed by atoms with Crippen LogP contribution in [0.15, 0.2) is 54.7 Å². The van der Waals surface area contributed by atoms with Crippen LogP contribution in [0.4, 0.5) is 28.6 Å². The number of rotatable bonds is 6. The number of hydrogen-bond acceptors (Lipinski definition) is 6. The minimum Gasteiger partial charge on any atom is -0.492 e. The van der Waals surface area contributed by atoms with Gasteiger partial charge in [-0.15, -0.1) is 0 Å². The van der Waals surface area contributed by atoms with Gasteiger partial charge in [-0.2, -0.15) is 0 Å². The number of fused-ring (bicyclic) bond motifs is 2. The molecule has 5 rings (SSSR count). The van der Waals surface area contributed by atoms with E-state index in [2.05, 4.69) is 22.5 Å². The molecule has 198 valence electrons. The third kappa shape index (κ3) is 5.03. The lowest BCUT2D eigenvalue weighted by Gasteiger charge is -2.27. The van der Waals surface area contributed by atoms with Crippen molar-refractivity contribution in [1.82, 2.24) is 10.3 Å². The first-order chi connectivity index (χ1) is 18.4. The molecule has 0 radical (unpaired) electrons. The molecular weight excluding hydrogens is 478 g/mol. The summed E-state index contributed by atoms with van der Waals surface area (Å²) in [6.07, 6.45) is 6.04. The fourth-order valence-corrected chi connectivity index (χ4v) is 5.25. The Hall–Kier alpha value is -4.07. The van der Waals surface area contributed by atoms with Gasteiger partial charge in [0.05, 0.1) is 41.1 Å². The molecule has 8 nitrogen and oxygen atoms in total. The van der Waals surface area contributed by atoms with Crippen molar-refractivity contribution >= 4 is 40.4 Å². The lowest BCUT2D eigenvalue weighted by molar-refractivity contribution is 0.0921. The Kier molecular flexibility index (Phi) is 7.22. The number of anilines is 5. The van der Waals surface area contributed by atoms with E-state index in [1.807, 2.05) is 61.3 Å². The molecule has 8 heteroatoms. The van der Waals surface area contributed by atoms with Crippen LogP contribution in [-0.2, 0) is 0 Å². The van der Waals surface area contributed by atoms with Gasteiger partial charge >= 0.3 is 0 Å². The second-order valence-corrected chi connectivity index (χ2v) is 10.2. The monoisotopic (exact) mass is 513 g/mol. The summed E-state index contributed by atoms with van der Waals surface area (Å²) in [5, 5.41) is 6.54. The number of benzene rings is 2. The highest BCUT2D eigenvalue weighted by Gasteiger charge is 2.28. The number of aromatic nitrogens is 1. The normalized spacial score (nSPS) is 18.8. The molecule has 1 saturated carbocycles. The molecule has 1 aliphatic heterocycles. The van der Waals surface area contributed by atoms with Gasteiger partial charge in [0, 0.05) is 31.8 Å². The minimum absolute atomic E-state index is 0.0757. The zero-order valence-electron chi connectivity index (χ0n) is 22.5. The highest BCUT2D eigenvalue weighted by molar-refractivity contribution is 6.13. The van der Waals surface area contributed by atoms with Gasteiger partial charge in [0.25, 0.3) is 11.8 Å². The number of para-hydroxylation sites is 1. The third-order valence-corrected chi connectivity index (χ3v) is 7.54. The number of hydrogen-bond donors (Lipinski definition) is 2. The van der Waals surface area contributed by atoms with Crippen molar-refractivity contribution in [3.05, 3.63) is 65.9 Å². The Morgan fingerprint density at radius 2 is 1.76 bits per heavy atom. The number of pyridine rings is 1.